The SMILES string of the molecule is COc1cc(N)cc(C(=O)NC2CCCC(SC)C2)c1. The van der Waals surface area contributed by atoms with Crippen molar-refractivity contribution in [3.05, 3.63) is 23.8 Å². The molecule has 0 aliphatic heterocycles. The smallest absolute Gasteiger partial charge is 0.251 e. The highest BCUT2D eigenvalue weighted by atomic mass is 32.2. The van der Waals surface area contributed by atoms with E-state index < -0.39 is 0 Å². The Morgan fingerprint density at radius 1 is 1.40 bits per heavy atom. The minimum atomic E-state index is -0.0673. The van der Waals surface area contributed by atoms with E-state index in [1.54, 1.807) is 25.3 Å². The van der Waals surface area contributed by atoms with Crippen molar-refractivity contribution in [3.8, 4) is 5.75 Å². The molecule has 110 valence electrons. The second kappa shape index (κ2) is 6.88. The third-order valence-corrected chi connectivity index (χ3v) is 4.82. The van der Waals surface area contributed by atoms with Crippen LogP contribution in [0, 0.1) is 0 Å². The van der Waals surface area contributed by atoms with E-state index in [0.717, 1.165) is 12.8 Å². The third-order valence-electron chi connectivity index (χ3n) is 3.72. The summed E-state index contributed by atoms with van der Waals surface area (Å²) >= 11 is 1.89. The van der Waals surface area contributed by atoms with Gasteiger partial charge >= 0.3 is 0 Å². The second-order valence-electron chi connectivity index (χ2n) is 5.19. The van der Waals surface area contributed by atoms with Crippen molar-refractivity contribution in [2.45, 2.75) is 37.0 Å². The summed E-state index contributed by atoms with van der Waals surface area (Å²) < 4.78 is 5.15. The molecule has 1 amide bonds. The van der Waals surface area contributed by atoms with Gasteiger partial charge in [0.2, 0.25) is 0 Å². The average molecular weight is 294 g/mol. The van der Waals surface area contributed by atoms with E-state index in [-0.39, 0.29) is 11.9 Å². The Hall–Kier alpha value is -1.36. The Bertz CT molecular complexity index is 479. The number of nitrogens with one attached hydrogen (secondary N) is 1. The molecule has 0 aromatic heterocycles. The monoisotopic (exact) mass is 294 g/mol. The van der Waals surface area contributed by atoms with Crippen LogP contribution in [0.2, 0.25) is 0 Å². The van der Waals surface area contributed by atoms with Gasteiger partial charge in [0.15, 0.2) is 0 Å². The van der Waals surface area contributed by atoms with Crippen molar-refractivity contribution >= 4 is 23.4 Å². The van der Waals surface area contributed by atoms with Crippen LogP contribution in [0.25, 0.3) is 0 Å². The summed E-state index contributed by atoms with van der Waals surface area (Å²) in [6, 6.07) is 5.38. The van der Waals surface area contributed by atoms with Crippen molar-refractivity contribution in [1.82, 2.24) is 5.32 Å². The van der Waals surface area contributed by atoms with E-state index in [4.69, 9.17) is 10.5 Å². The lowest BCUT2D eigenvalue weighted by atomic mass is 9.94. The molecule has 0 spiro atoms. The summed E-state index contributed by atoms with van der Waals surface area (Å²) in [6.45, 7) is 0. The lowest BCUT2D eigenvalue weighted by Gasteiger charge is -2.28. The Morgan fingerprint density at radius 3 is 2.90 bits per heavy atom. The molecule has 1 aliphatic rings. The normalized spacial score (nSPS) is 22.3. The number of ether oxygens (including phenoxy) is 1. The summed E-state index contributed by atoms with van der Waals surface area (Å²) in [7, 11) is 1.57. The molecule has 20 heavy (non-hydrogen) atoms. The van der Waals surface area contributed by atoms with Crippen LogP contribution in [-0.2, 0) is 0 Å². The molecule has 3 N–H and O–H groups in total. The van der Waals surface area contributed by atoms with Crippen molar-refractivity contribution in [1.29, 1.82) is 0 Å². The van der Waals surface area contributed by atoms with Crippen molar-refractivity contribution in [2.75, 3.05) is 19.1 Å². The van der Waals surface area contributed by atoms with Crippen LogP contribution >= 0.6 is 11.8 Å². The zero-order chi connectivity index (χ0) is 14.5. The van der Waals surface area contributed by atoms with Crippen molar-refractivity contribution in [2.24, 2.45) is 0 Å². The van der Waals surface area contributed by atoms with Crippen molar-refractivity contribution in [3.63, 3.8) is 0 Å². The quantitative estimate of drug-likeness (QED) is 0.838. The summed E-state index contributed by atoms with van der Waals surface area (Å²) in [4.78, 5) is 12.3. The van der Waals surface area contributed by atoms with Gasteiger partial charge in [-0.05, 0) is 37.7 Å². The largest absolute Gasteiger partial charge is 0.497 e. The predicted octanol–water partition coefficient (Wildman–Crippen LogP) is 2.68. The van der Waals surface area contributed by atoms with Crippen molar-refractivity contribution < 1.29 is 9.53 Å². The molecule has 1 aromatic rings. The van der Waals surface area contributed by atoms with Crippen LogP contribution in [0.3, 0.4) is 0 Å². The Balaban J connectivity index is 2.02. The second-order valence-corrected chi connectivity index (χ2v) is 6.33. The number of thioether (sulfide) groups is 1. The molecule has 2 rings (SSSR count). The topological polar surface area (TPSA) is 64.3 Å². The first kappa shape index (κ1) is 15.0. The van der Waals surface area contributed by atoms with Crippen LogP contribution in [0.15, 0.2) is 18.2 Å². The van der Waals surface area contributed by atoms with Crippen LogP contribution in [-0.4, -0.2) is 30.6 Å². The minimum absolute atomic E-state index is 0.0673. The zero-order valence-corrected chi connectivity index (χ0v) is 12.8. The number of anilines is 1. The van der Waals surface area contributed by atoms with E-state index in [2.05, 4.69) is 11.6 Å². The Kier molecular flexibility index (Phi) is 5.17. The van der Waals surface area contributed by atoms with Crippen LogP contribution in [0.5, 0.6) is 5.75 Å². The minimum Gasteiger partial charge on any atom is -0.497 e. The predicted molar refractivity (Wildman–Crippen MR) is 84.4 cm³/mol. The summed E-state index contributed by atoms with van der Waals surface area (Å²) in [5.41, 5.74) is 6.89. The van der Waals surface area contributed by atoms with Gasteiger partial charge in [-0.3, -0.25) is 4.79 Å². The molecular formula is C15H22N2O2S. The van der Waals surface area contributed by atoms with Gasteiger partial charge in [-0.2, -0.15) is 11.8 Å². The number of amides is 1. The average Bonchev–Trinajstić information content (AvgIpc) is 2.46. The first-order valence-corrected chi connectivity index (χ1v) is 8.19. The van der Waals surface area contributed by atoms with E-state index in [0.29, 0.717) is 22.3 Å². The zero-order valence-electron chi connectivity index (χ0n) is 12.0. The molecular weight excluding hydrogens is 272 g/mol. The number of methoxy groups -OCH3 is 1. The maximum Gasteiger partial charge on any atom is 0.251 e. The first-order chi connectivity index (χ1) is 9.62. The molecule has 1 fully saturated rings. The molecule has 0 saturated heterocycles. The van der Waals surface area contributed by atoms with E-state index >= 15 is 0 Å². The van der Waals surface area contributed by atoms with Crippen LogP contribution in [0.4, 0.5) is 5.69 Å². The summed E-state index contributed by atoms with van der Waals surface area (Å²) in [6.07, 6.45) is 6.67. The molecule has 1 aromatic carbocycles. The van der Waals surface area contributed by atoms with Gasteiger partial charge in [-0.25, -0.2) is 0 Å². The maximum atomic E-state index is 12.3. The maximum absolute atomic E-state index is 12.3. The van der Waals surface area contributed by atoms with Gasteiger partial charge in [0, 0.05) is 28.6 Å². The Morgan fingerprint density at radius 2 is 2.20 bits per heavy atom. The summed E-state index contributed by atoms with van der Waals surface area (Å²) in [5.74, 6) is 0.545. The Labute approximate surface area is 124 Å². The van der Waals surface area contributed by atoms with E-state index in [1.807, 2.05) is 11.8 Å². The first-order valence-electron chi connectivity index (χ1n) is 6.90. The fraction of sp³-hybridized carbons (Fsp3) is 0.533. The number of carbonyl (C=O) groups excluding carboxylic acids is 1. The lowest BCUT2D eigenvalue weighted by Crippen LogP contribution is -2.39. The molecule has 0 radical (unpaired) electrons. The number of hydrogen-bond acceptors (Lipinski definition) is 4. The molecule has 2 unspecified atom stereocenters. The number of nitrogen functional groups attached to an aromatic ring is 1. The third kappa shape index (κ3) is 3.82. The lowest BCUT2D eigenvalue weighted by molar-refractivity contribution is 0.0928. The molecule has 1 saturated carbocycles. The number of rotatable bonds is 4. The highest BCUT2D eigenvalue weighted by Crippen LogP contribution is 2.27. The van der Waals surface area contributed by atoms with Crippen LogP contribution in [0.1, 0.15) is 36.0 Å². The van der Waals surface area contributed by atoms with Crippen LogP contribution < -0.4 is 15.8 Å². The van der Waals surface area contributed by atoms with Gasteiger partial charge in [0.25, 0.3) is 5.91 Å². The highest BCUT2D eigenvalue weighted by molar-refractivity contribution is 7.99. The molecule has 1 aliphatic carbocycles. The van der Waals surface area contributed by atoms with E-state index in [1.165, 1.54) is 12.8 Å². The molecule has 2 atom stereocenters. The number of carbonyl (C=O) groups is 1. The van der Waals surface area contributed by atoms with Gasteiger partial charge in [-0.1, -0.05) is 6.42 Å². The molecule has 4 nitrogen and oxygen atoms in total. The molecule has 5 heteroatoms. The standard InChI is InChI=1S/C15H22N2O2S/c1-19-13-7-10(6-11(16)8-13)15(18)17-12-4-3-5-14(9-12)20-2/h6-8,12,14H,3-5,9,16H2,1-2H3,(H,17,18). The highest BCUT2D eigenvalue weighted by Gasteiger charge is 2.23. The van der Waals surface area contributed by atoms with E-state index in [9.17, 15) is 4.79 Å². The van der Waals surface area contributed by atoms with Gasteiger partial charge < -0.3 is 15.8 Å². The summed E-state index contributed by atoms with van der Waals surface area (Å²) in [5, 5.41) is 3.77. The molecule has 0 bridgehead atoms. The van der Waals surface area contributed by atoms with Gasteiger partial charge in [0.1, 0.15) is 5.75 Å². The number of nitrogens with two attached hydrogens (primary N) is 1. The van der Waals surface area contributed by atoms with Gasteiger partial charge in [0.05, 0.1) is 7.11 Å². The fourth-order valence-corrected chi connectivity index (χ4v) is 3.46. The number of hydrogen-bond donors (Lipinski definition) is 2. The van der Waals surface area contributed by atoms with Gasteiger partial charge in [-0.15, -0.1) is 0 Å². The fourth-order valence-electron chi connectivity index (χ4n) is 2.63. The molecule has 0 heterocycles. The number of benzene rings is 1.